The molecule has 2 unspecified atom stereocenters. The number of ketones is 1. The SMILES string of the molecule is NC(N)=NCCCC(NCC(=O)NC(=O)C(N)CCC(=O)O)C(=O)CCl. The van der Waals surface area contributed by atoms with E-state index in [1.807, 2.05) is 5.32 Å². The van der Waals surface area contributed by atoms with E-state index in [0.717, 1.165) is 0 Å². The zero-order chi connectivity index (χ0) is 20.1. The Hall–Kier alpha value is -2.24. The number of guanidine groups is 1. The molecule has 0 aromatic carbocycles. The second-order valence-electron chi connectivity index (χ2n) is 5.43. The fourth-order valence-electron chi connectivity index (χ4n) is 1.87. The van der Waals surface area contributed by atoms with Crippen LogP contribution in [0, 0.1) is 0 Å². The molecular weight excluding hydrogens is 368 g/mol. The highest BCUT2D eigenvalue weighted by molar-refractivity contribution is 6.28. The number of imide groups is 1. The lowest BCUT2D eigenvalue weighted by molar-refractivity contribution is -0.137. The van der Waals surface area contributed by atoms with Crippen molar-refractivity contribution in [2.24, 2.45) is 22.2 Å². The highest BCUT2D eigenvalue weighted by Crippen LogP contribution is 2.01. The van der Waals surface area contributed by atoms with E-state index < -0.39 is 29.9 Å². The van der Waals surface area contributed by atoms with E-state index in [9.17, 15) is 19.2 Å². The predicted molar refractivity (Wildman–Crippen MR) is 95.4 cm³/mol. The number of carboxylic acid groups (broad SMARTS) is 1. The topological polar surface area (TPSA) is 203 Å². The quantitative estimate of drug-likeness (QED) is 0.0856. The molecular formula is C14H25ClN6O5. The highest BCUT2D eigenvalue weighted by atomic mass is 35.5. The normalized spacial score (nSPS) is 12.7. The van der Waals surface area contributed by atoms with Crippen LogP contribution in [0.15, 0.2) is 4.99 Å². The number of hydrogen-bond acceptors (Lipinski definition) is 7. The number of carboxylic acids is 1. The average molecular weight is 393 g/mol. The Morgan fingerprint density at radius 2 is 1.81 bits per heavy atom. The molecule has 0 bridgehead atoms. The molecule has 0 aliphatic heterocycles. The van der Waals surface area contributed by atoms with Gasteiger partial charge in [-0.05, 0) is 19.3 Å². The average Bonchev–Trinajstić information content (AvgIpc) is 2.57. The van der Waals surface area contributed by atoms with Crippen molar-refractivity contribution < 1.29 is 24.3 Å². The van der Waals surface area contributed by atoms with Crippen molar-refractivity contribution in [1.82, 2.24) is 10.6 Å². The standard InChI is InChI=1S/C14H25ClN6O5/c15-6-10(22)9(2-1-5-19-14(17)18)20-7-11(23)21-13(26)8(16)3-4-12(24)25/h8-9,20H,1-7,16H2,(H,24,25)(H4,17,18,19)(H,21,23,26). The molecule has 0 rings (SSSR count). The van der Waals surface area contributed by atoms with Gasteiger partial charge in [-0.3, -0.25) is 34.8 Å². The zero-order valence-electron chi connectivity index (χ0n) is 14.2. The summed E-state index contributed by atoms with van der Waals surface area (Å²) in [5.74, 6) is -3.18. The maximum atomic E-state index is 11.8. The molecule has 2 atom stereocenters. The minimum Gasteiger partial charge on any atom is -0.481 e. The van der Waals surface area contributed by atoms with Crippen molar-refractivity contribution in [1.29, 1.82) is 0 Å². The van der Waals surface area contributed by atoms with Gasteiger partial charge < -0.3 is 22.3 Å². The summed E-state index contributed by atoms with van der Waals surface area (Å²) in [5, 5.41) is 13.3. The zero-order valence-corrected chi connectivity index (χ0v) is 15.0. The van der Waals surface area contributed by atoms with E-state index in [4.69, 9.17) is 33.9 Å². The number of halogens is 1. The van der Waals surface area contributed by atoms with Gasteiger partial charge in [0.15, 0.2) is 11.7 Å². The first-order valence-electron chi connectivity index (χ1n) is 7.85. The van der Waals surface area contributed by atoms with Crippen LogP contribution in [-0.2, 0) is 19.2 Å². The van der Waals surface area contributed by atoms with Gasteiger partial charge in [0.1, 0.15) is 0 Å². The van der Waals surface area contributed by atoms with Crippen LogP contribution in [-0.4, -0.2) is 65.7 Å². The molecule has 2 amide bonds. The molecule has 0 fully saturated rings. The first-order chi connectivity index (χ1) is 12.2. The lowest BCUT2D eigenvalue weighted by Gasteiger charge is -2.16. The number of amides is 2. The van der Waals surface area contributed by atoms with Crippen LogP contribution < -0.4 is 27.8 Å². The smallest absolute Gasteiger partial charge is 0.303 e. The molecule has 0 spiro atoms. The molecule has 0 saturated carbocycles. The molecule has 0 aromatic heterocycles. The van der Waals surface area contributed by atoms with Crippen molar-refractivity contribution in [2.45, 2.75) is 37.8 Å². The van der Waals surface area contributed by atoms with Gasteiger partial charge >= 0.3 is 5.97 Å². The van der Waals surface area contributed by atoms with Crippen LogP contribution >= 0.6 is 11.6 Å². The fraction of sp³-hybridized carbons (Fsp3) is 0.643. The molecule has 0 radical (unpaired) electrons. The fourth-order valence-corrected chi connectivity index (χ4v) is 2.06. The Balaban J connectivity index is 4.37. The number of Topliss-reactive ketones (excluding diaryl/α,β-unsaturated/α-hetero) is 1. The van der Waals surface area contributed by atoms with Gasteiger partial charge in [0.25, 0.3) is 0 Å². The first-order valence-corrected chi connectivity index (χ1v) is 8.39. The van der Waals surface area contributed by atoms with Gasteiger partial charge in [0.05, 0.1) is 24.5 Å². The Morgan fingerprint density at radius 1 is 1.15 bits per heavy atom. The van der Waals surface area contributed by atoms with Crippen LogP contribution in [0.5, 0.6) is 0 Å². The predicted octanol–water partition coefficient (Wildman–Crippen LogP) is -2.36. The van der Waals surface area contributed by atoms with E-state index >= 15 is 0 Å². The van der Waals surface area contributed by atoms with Crippen molar-refractivity contribution in [3.05, 3.63) is 0 Å². The number of nitrogens with one attached hydrogen (secondary N) is 2. The minimum absolute atomic E-state index is 0.0599. The number of hydrogen-bond donors (Lipinski definition) is 6. The molecule has 0 aliphatic rings. The number of nitrogens with two attached hydrogens (primary N) is 3. The third-order valence-electron chi connectivity index (χ3n) is 3.24. The van der Waals surface area contributed by atoms with E-state index in [1.54, 1.807) is 0 Å². The summed E-state index contributed by atoms with van der Waals surface area (Å²) < 4.78 is 0. The summed E-state index contributed by atoms with van der Waals surface area (Å²) in [7, 11) is 0. The number of carbonyl (C=O) groups is 4. The van der Waals surface area contributed by atoms with Crippen LogP contribution in [0.3, 0.4) is 0 Å². The molecule has 148 valence electrons. The number of aliphatic carboxylic acids is 1. The van der Waals surface area contributed by atoms with Gasteiger partial charge in [-0.25, -0.2) is 0 Å². The molecule has 0 aliphatic carbocycles. The van der Waals surface area contributed by atoms with Crippen molar-refractivity contribution in [2.75, 3.05) is 19.0 Å². The summed E-state index contributed by atoms with van der Waals surface area (Å²) >= 11 is 5.54. The van der Waals surface area contributed by atoms with Crippen molar-refractivity contribution in [3.8, 4) is 0 Å². The molecule has 26 heavy (non-hydrogen) atoms. The van der Waals surface area contributed by atoms with Gasteiger partial charge in [0, 0.05) is 13.0 Å². The molecule has 11 nitrogen and oxygen atoms in total. The monoisotopic (exact) mass is 392 g/mol. The molecule has 0 heterocycles. The van der Waals surface area contributed by atoms with Crippen LogP contribution in [0.2, 0.25) is 0 Å². The van der Waals surface area contributed by atoms with E-state index in [-0.39, 0.29) is 37.0 Å². The highest BCUT2D eigenvalue weighted by Gasteiger charge is 2.20. The third-order valence-corrected chi connectivity index (χ3v) is 3.51. The molecule has 9 N–H and O–H groups in total. The van der Waals surface area contributed by atoms with Gasteiger partial charge in [-0.1, -0.05) is 0 Å². The summed E-state index contributed by atoms with van der Waals surface area (Å²) in [4.78, 5) is 49.4. The van der Waals surface area contributed by atoms with Crippen molar-refractivity contribution in [3.63, 3.8) is 0 Å². The maximum absolute atomic E-state index is 11.8. The Kier molecular flexibility index (Phi) is 11.9. The van der Waals surface area contributed by atoms with E-state index in [0.29, 0.717) is 19.4 Å². The second-order valence-corrected chi connectivity index (χ2v) is 5.70. The van der Waals surface area contributed by atoms with Gasteiger partial charge in [0.2, 0.25) is 11.8 Å². The number of carbonyl (C=O) groups excluding carboxylic acids is 3. The summed E-state index contributed by atoms with van der Waals surface area (Å²) in [6, 6.07) is -1.81. The largest absolute Gasteiger partial charge is 0.481 e. The lowest BCUT2D eigenvalue weighted by atomic mass is 10.1. The second kappa shape index (κ2) is 13.0. The Labute approximate surface area is 155 Å². The van der Waals surface area contributed by atoms with Crippen LogP contribution in [0.1, 0.15) is 25.7 Å². The minimum atomic E-state index is -1.12. The molecule has 0 saturated heterocycles. The first kappa shape index (κ1) is 23.8. The number of alkyl halides is 1. The summed E-state index contributed by atoms with van der Waals surface area (Å²) in [5.41, 5.74) is 15.9. The van der Waals surface area contributed by atoms with Crippen LogP contribution in [0.25, 0.3) is 0 Å². The van der Waals surface area contributed by atoms with Gasteiger partial charge in [-0.2, -0.15) is 0 Å². The lowest BCUT2D eigenvalue weighted by Crippen LogP contribution is -2.49. The van der Waals surface area contributed by atoms with Gasteiger partial charge in [-0.15, -0.1) is 11.6 Å². The molecule has 12 heteroatoms. The number of aliphatic imine (C=N–C) groups is 1. The Bertz CT molecular complexity index is 538. The number of rotatable bonds is 13. The number of nitrogens with zero attached hydrogens (tertiary/aromatic N) is 1. The summed E-state index contributed by atoms with van der Waals surface area (Å²) in [6.45, 7) is 0.00613. The van der Waals surface area contributed by atoms with Crippen molar-refractivity contribution >= 4 is 41.1 Å². The Morgan fingerprint density at radius 3 is 2.35 bits per heavy atom. The summed E-state index contributed by atoms with van der Waals surface area (Å²) in [6.07, 6.45) is 0.448. The molecule has 0 aromatic rings. The third kappa shape index (κ3) is 11.3. The van der Waals surface area contributed by atoms with Crippen LogP contribution in [0.4, 0.5) is 0 Å². The maximum Gasteiger partial charge on any atom is 0.303 e. The van der Waals surface area contributed by atoms with E-state index in [1.165, 1.54) is 0 Å². The van der Waals surface area contributed by atoms with E-state index in [2.05, 4.69) is 10.3 Å².